The summed E-state index contributed by atoms with van der Waals surface area (Å²) in [4.78, 5) is 19.5. The van der Waals surface area contributed by atoms with Crippen LogP contribution in [0, 0.1) is 24.0 Å². The smallest absolute Gasteiger partial charge is 0.243 e. The Morgan fingerprint density at radius 1 is 1.42 bits per heavy atom. The molecule has 136 valence electrons. The zero-order chi connectivity index (χ0) is 18.5. The lowest BCUT2D eigenvalue weighted by atomic mass is 10.0. The predicted octanol–water partition coefficient (Wildman–Crippen LogP) is 3.44. The van der Waals surface area contributed by atoms with Crippen molar-refractivity contribution < 1.29 is 13.6 Å². The highest BCUT2D eigenvalue weighted by Gasteiger charge is 2.28. The topological polar surface area (TPSA) is 45.2 Å². The van der Waals surface area contributed by atoms with E-state index in [0.717, 1.165) is 36.8 Å². The van der Waals surface area contributed by atoms with Crippen LogP contribution in [0.2, 0.25) is 0 Å². The molecule has 3 rings (SSSR count). The Bertz CT molecular complexity index is 830. The van der Waals surface area contributed by atoms with Crippen LogP contribution in [-0.2, 0) is 11.2 Å². The van der Waals surface area contributed by atoms with Crippen LogP contribution in [-0.4, -0.2) is 34.9 Å². The summed E-state index contributed by atoms with van der Waals surface area (Å²) in [6, 6.07) is 3.26. The van der Waals surface area contributed by atoms with Crippen LogP contribution >= 0.6 is 11.3 Å². The van der Waals surface area contributed by atoms with Gasteiger partial charge in [-0.15, -0.1) is 17.8 Å². The summed E-state index contributed by atoms with van der Waals surface area (Å²) in [5.74, 6) is 1.29. The van der Waals surface area contributed by atoms with Gasteiger partial charge in [0.1, 0.15) is 11.6 Å². The van der Waals surface area contributed by atoms with E-state index in [4.69, 9.17) is 6.42 Å². The molecule has 1 saturated heterocycles. The third kappa shape index (κ3) is 4.45. The van der Waals surface area contributed by atoms with Gasteiger partial charge in [0.2, 0.25) is 5.91 Å². The number of rotatable bonds is 5. The fourth-order valence-corrected chi connectivity index (χ4v) is 3.92. The summed E-state index contributed by atoms with van der Waals surface area (Å²) in [5, 5.41) is 3.31. The van der Waals surface area contributed by atoms with Gasteiger partial charge in [0.05, 0.1) is 12.6 Å². The van der Waals surface area contributed by atoms with E-state index < -0.39 is 11.6 Å². The summed E-state index contributed by atoms with van der Waals surface area (Å²) in [5.41, 5.74) is 0.389. The van der Waals surface area contributed by atoms with Crippen LogP contribution < -0.4 is 5.32 Å². The number of piperidine rings is 1. The highest BCUT2D eigenvalue weighted by atomic mass is 32.1. The quantitative estimate of drug-likeness (QED) is 0.815. The van der Waals surface area contributed by atoms with E-state index in [2.05, 4.69) is 16.2 Å². The van der Waals surface area contributed by atoms with Gasteiger partial charge in [0, 0.05) is 23.6 Å². The van der Waals surface area contributed by atoms with E-state index in [1.165, 1.54) is 23.5 Å². The Balaban J connectivity index is 1.64. The SMILES string of the molecule is C#CCN1CCCCC1C(=O)Nc1ncc(Cc2ccc(F)cc2F)s1. The number of amides is 1. The number of anilines is 1. The molecule has 0 radical (unpaired) electrons. The zero-order valence-electron chi connectivity index (χ0n) is 14.2. The normalized spacial score (nSPS) is 17.7. The van der Waals surface area contributed by atoms with E-state index in [-0.39, 0.29) is 11.9 Å². The van der Waals surface area contributed by atoms with Gasteiger partial charge >= 0.3 is 0 Å². The molecule has 1 atom stereocenters. The van der Waals surface area contributed by atoms with Crippen molar-refractivity contribution in [3.63, 3.8) is 0 Å². The van der Waals surface area contributed by atoms with Crippen molar-refractivity contribution >= 4 is 22.4 Å². The molecule has 1 aromatic heterocycles. The summed E-state index contributed by atoms with van der Waals surface area (Å²) < 4.78 is 26.7. The number of benzene rings is 1. The van der Waals surface area contributed by atoms with Crippen LogP contribution in [0.5, 0.6) is 0 Å². The highest BCUT2D eigenvalue weighted by Crippen LogP contribution is 2.24. The largest absolute Gasteiger partial charge is 0.301 e. The zero-order valence-corrected chi connectivity index (χ0v) is 15.0. The first-order chi connectivity index (χ1) is 12.6. The van der Waals surface area contributed by atoms with Crippen LogP contribution in [0.15, 0.2) is 24.4 Å². The second-order valence-corrected chi connectivity index (χ2v) is 7.33. The lowest BCUT2D eigenvalue weighted by Gasteiger charge is -2.32. The monoisotopic (exact) mass is 375 g/mol. The number of nitrogens with zero attached hydrogens (tertiary/aromatic N) is 2. The second kappa shape index (κ2) is 8.39. The fraction of sp³-hybridized carbons (Fsp3) is 0.368. The van der Waals surface area contributed by atoms with Crippen molar-refractivity contribution in [1.82, 2.24) is 9.88 Å². The first-order valence-electron chi connectivity index (χ1n) is 8.44. The van der Waals surface area contributed by atoms with Gasteiger partial charge in [0.25, 0.3) is 0 Å². The molecule has 0 aliphatic carbocycles. The van der Waals surface area contributed by atoms with Crippen LogP contribution in [0.3, 0.4) is 0 Å². The number of nitrogens with one attached hydrogen (secondary N) is 1. The first-order valence-corrected chi connectivity index (χ1v) is 9.25. The minimum Gasteiger partial charge on any atom is -0.301 e. The fourth-order valence-electron chi connectivity index (χ4n) is 3.08. The molecule has 1 aliphatic heterocycles. The van der Waals surface area contributed by atoms with E-state index in [9.17, 15) is 13.6 Å². The van der Waals surface area contributed by atoms with E-state index >= 15 is 0 Å². The molecular formula is C19H19F2N3OS. The minimum atomic E-state index is -0.604. The second-order valence-electron chi connectivity index (χ2n) is 6.22. The van der Waals surface area contributed by atoms with Gasteiger partial charge in [-0.25, -0.2) is 13.8 Å². The van der Waals surface area contributed by atoms with E-state index in [1.807, 2.05) is 4.90 Å². The Kier molecular flexibility index (Phi) is 5.96. The maximum atomic E-state index is 13.8. The van der Waals surface area contributed by atoms with Gasteiger partial charge < -0.3 is 5.32 Å². The molecule has 1 aliphatic rings. The van der Waals surface area contributed by atoms with Gasteiger partial charge in [0.15, 0.2) is 5.13 Å². The lowest BCUT2D eigenvalue weighted by molar-refractivity contribution is -0.122. The summed E-state index contributed by atoms with van der Waals surface area (Å²) >= 11 is 1.29. The third-order valence-corrected chi connectivity index (χ3v) is 5.29. The minimum absolute atomic E-state index is 0.117. The van der Waals surface area contributed by atoms with Crippen LogP contribution in [0.4, 0.5) is 13.9 Å². The molecule has 1 aromatic carbocycles. The highest BCUT2D eigenvalue weighted by molar-refractivity contribution is 7.15. The molecule has 2 aromatic rings. The molecule has 2 heterocycles. The average molecular weight is 375 g/mol. The number of carbonyl (C=O) groups is 1. The molecule has 0 spiro atoms. The molecular weight excluding hydrogens is 356 g/mol. The number of hydrogen-bond donors (Lipinski definition) is 1. The van der Waals surface area contributed by atoms with Crippen molar-refractivity contribution in [2.75, 3.05) is 18.4 Å². The first kappa shape index (κ1) is 18.5. The van der Waals surface area contributed by atoms with E-state index in [0.29, 0.717) is 23.7 Å². The number of thiazole rings is 1. The maximum absolute atomic E-state index is 13.8. The Morgan fingerprint density at radius 3 is 3.04 bits per heavy atom. The average Bonchev–Trinajstić information content (AvgIpc) is 3.05. The van der Waals surface area contributed by atoms with Crippen LogP contribution in [0.25, 0.3) is 0 Å². The van der Waals surface area contributed by atoms with Gasteiger partial charge in [-0.05, 0) is 31.0 Å². The Hall–Kier alpha value is -2.30. The standard InChI is InChI=1S/C19H19F2N3OS/c1-2-8-24-9-4-3-5-17(24)18(25)23-19-22-12-15(26-19)10-13-6-7-14(20)11-16(13)21/h1,6-7,11-12,17H,3-5,8-10H2,(H,22,23,25). The maximum Gasteiger partial charge on any atom is 0.243 e. The molecule has 0 bridgehead atoms. The van der Waals surface area contributed by atoms with Crippen molar-refractivity contribution in [3.8, 4) is 12.3 Å². The molecule has 0 saturated carbocycles. The molecule has 1 fully saturated rings. The Morgan fingerprint density at radius 2 is 2.27 bits per heavy atom. The number of hydrogen-bond acceptors (Lipinski definition) is 4. The predicted molar refractivity (Wildman–Crippen MR) is 98.0 cm³/mol. The van der Waals surface area contributed by atoms with Crippen molar-refractivity contribution in [2.45, 2.75) is 31.7 Å². The summed E-state index contributed by atoms with van der Waals surface area (Å²) in [7, 11) is 0. The van der Waals surface area contributed by atoms with Crippen LogP contribution in [0.1, 0.15) is 29.7 Å². The van der Waals surface area contributed by atoms with Crippen molar-refractivity contribution in [2.24, 2.45) is 0 Å². The van der Waals surface area contributed by atoms with Gasteiger partial charge in [-0.3, -0.25) is 9.69 Å². The number of aromatic nitrogens is 1. The molecule has 26 heavy (non-hydrogen) atoms. The molecule has 1 amide bonds. The number of terminal acetylenes is 1. The van der Waals surface area contributed by atoms with Crippen molar-refractivity contribution in [1.29, 1.82) is 0 Å². The number of carbonyl (C=O) groups excluding carboxylic acids is 1. The molecule has 1 unspecified atom stereocenters. The lowest BCUT2D eigenvalue weighted by Crippen LogP contribution is -2.47. The number of likely N-dealkylation sites (tertiary alicyclic amines) is 1. The number of halogens is 2. The van der Waals surface area contributed by atoms with E-state index in [1.54, 1.807) is 6.20 Å². The summed E-state index contributed by atoms with van der Waals surface area (Å²) in [6.45, 7) is 1.26. The van der Waals surface area contributed by atoms with Gasteiger partial charge in [-0.1, -0.05) is 18.4 Å². The third-order valence-electron chi connectivity index (χ3n) is 4.37. The van der Waals surface area contributed by atoms with Crippen molar-refractivity contribution in [3.05, 3.63) is 46.5 Å². The summed E-state index contributed by atoms with van der Waals surface area (Å²) in [6.07, 6.45) is 10.1. The molecule has 1 N–H and O–H groups in total. The molecule has 7 heteroatoms. The Labute approximate surface area is 155 Å². The molecule has 4 nitrogen and oxygen atoms in total. The van der Waals surface area contributed by atoms with Gasteiger partial charge in [-0.2, -0.15) is 0 Å².